The molecule has 2 bridgehead atoms. The van der Waals surface area contributed by atoms with Gasteiger partial charge in [0.05, 0.1) is 11.4 Å². The fourth-order valence-electron chi connectivity index (χ4n) is 3.92. The molecule has 3 heterocycles. The number of aryl methyl sites for hydroxylation is 2. The molecule has 0 amide bonds. The quantitative estimate of drug-likeness (QED) is 0.894. The normalized spacial score (nSPS) is 29.3. The van der Waals surface area contributed by atoms with Crippen LogP contribution in [0.25, 0.3) is 0 Å². The summed E-state index contributed by atoms with van der Waals surface area (Å²) in [5.41, 5.74) is 2.57. The molecule has 4 nitrogen and oxygen atoms in total. The van der Waals surface area contributed by atoms with Gasteiger partial charge in [-0.15, -0.1) is 0 Å². The zero-order valence-electron chi connectivity index (χ0n) is 13.1. The Labute approximate surface area is 122 Å². The van der Waals surface area contributed by atoms with Crippen LogP contribution in [0.5, 0.6) is 0 Å². The Kier molecular flexibility index (Phi) is 4.13. The molecule has 0 radical (unpaired) electrons. The van der Waals surface area contributed by atoms with Crippen molar-refractivity contribution in [2.45, 2.75) is 70.6 Å². The van der Waals surface area contributed by atoms with Crippen LogP contribution in [0.2, 0.25) is 0 Å². The minimum absolute atomic E-state index is 0.749. The molecule has 1 aromatic rings. The summed E-state index contributed by atoms with van der Waals surface area (Å²) in [5.74, 6) is 0. The van der Waals surface area contributed by atoms with Gasteiger partial charge in [0.2, 0.25) is 0 Å². The van der Waals surface area contributed by atoms with Crippen molar-refractivity contribution in [1.82, 2.24) is 20.0 Å². The van der Waals surface area contributed by atoms with Crippen LogP contribution in [0.3, 0.4) is 0 Å². The molecule has 0 saturated carbocycles. The lowest BCUT2D eigenvalue weighted by atomic mass is 9.98. The van der Waals surface area contributed by atoms with Gasteiger partial charge in [0, 0.05) is 31.7 Å². The molecule has 2 aliphatic rings. The Bertz CT molecular complexity index is 441. The van der Waals surface area contributed by atoms with Gasteiger partial charge in [-0.25, -0.2) is 0 Å². The molecule has 2 atom stereocenters. The van der Waals surface area contributed by atoms with E-state index < -0.39 is 0 Å². The van der Waals surface area contributed by atoms with E-state index in [0.717, 1.165) is 37.6 Å². The molecule has 0 aliphatic carbocycles. The van der Waals surface area contributed by atoms with Crippen molar-refractivity contribution in [2.24, 2.45) is 7.05 Å². The van der Waals surface area contributed by atoms with Crippen LogP contribution in [0, 0.1) is 0 Å². The first-order valence-corrected chi connectivity index (χ1v) is 8.21. The second-order valence-electron chi connectivity index (χ2n) is 6.43. The zero-order chi connectivity index (χ0) is 14.1. The van der Waals surface area contributed by atoms with Crippen LogP contribution in [0.4, 0.5) is 0 Å². The highest BCUT2D eigenvalue weighted by Gasteiger charge is 2.35. The lowest BCUT2D eigenvalue weighted by Gasteiger charge is -2.37. The highest BCUT2D eigenvalue weighted by Crippen LogP contribution is 2.30. The molecule has 3 rings (SSSR count). The molecular formula is C16H28N4. The number of piperidine rings is 1. The Morgan fingerprint density at radius 2 is 2.00 bits per heavy atom. The first-order valence-electron chi connectivity index (χ1n) is 8.21. The smallest absolute Gasteiger partial charge is 0.0625 e. The van der Waals surface area contributed by atoms with Gasteiger partial charge in [-0.2, -0.15) is 5.10 Å². The van der Waals surface area contributed by atoms with E-state index in [1.54, 1.807) is 0 Å². The van der Waals surface area contributed by atoms with Gasteiger partial charge < -0.3 is 5.32 Å². The molecule has 4 heteroatoms. The molecule has 1 aromatic heterocycles. The highest BCUT2D eigenvalue weighted by atomic mass is 15.3. The van der Waals surface area contributed by atoms with Crippen molar-refractivity contribution < 1.29 is 0 Å². The van der Waals surface area contributed by atoms with E-state index >= 15 is 0 Å². The molecule has 2 fully saturated rings. The molecule has 2 aliphatic heterocycles. The lowest BCUT2D eigenvalue weighted by molar-refractivity contribution is 0.137. The maximum absolute atomic E-state index is 4.58. The first-order chi connectivity index (χ1) is 9.69. The van der Waals surface area contributed by atoms with E-state index in [1.165, 1.54) is 37.1 Å². The number of fused-ring (bicyclic) bond motifs is 2. The zero-order valence-corrected chi connectivity index (χ0v) is 13.1. The first kappa shape index (κ1) is 14.1. The topological polar surface area (TPSA) is 33.1 Å². The summed E-state index contributed by atoms with van der Waals surface area (Å²) in [6, 6.07) is 4.56. The number of rotatable bonds is 5. The number of hydrogen-bond donors (Lipinski definition) is 1. The van der Waals surface area contributed by atoms with E-state index in [4.69, 9.17) is 0 Å². The molecule has 112 valence electrons. The molecular weight excluding hydrogens is 248 g/mol. The Balaban J connectivity index is 1.68. The van der Waals surface area contributed by atoms with Crippen molar-refractivity contribution in [3.8, 4) is 0 Å². The van der Waals surface area contributed by atoms with Gasteiger partial charge in [-0.1, -0.05) is 13.8 Å². The van der Waals surface area contributed by atoms with Gasteiger partial charge in [-0.3, -0.25) is 9.58 Å². The average Bonchev–Trinajstić information content (AvgIpc) is 2.98. The van der Waals surface area contributed by atoms with Crippen LogP contribution in [-0.4, -0.2) is 39.4 Å². The molecule has 0 aromatic carbocycles. The van der Waals surface area contributed by atoms with Crippen molar-refractivity contribution in [3.63, 3.8) is 0 Å². The van der Waals surface area contributed by atoms with E-state index in [1.807, 2.05) is 0 Å². The number of hydrogen-bond acceptors (Lipinski definition) is 3. The van der Waals surface area contributed by atoms with Gasteiger partial charge in [-0.05, 0) is 44.7 Å². The SMILES string of the molecule is CCc1cc(CN(CC)C2CC3CCC(C2)N3)n(C)n1. The van der Waals surface area contributed by atoms with Gasteiger partial charge in [0.1, 0.15) is 0 Å². The largest absolute Gasteiger partial charge is 0.311 e. The summed E-state index contributed by atoms with van der Waals surface area (Å²) >= 11 is 0. The van der Waals surface area contributed by atoms with E-state index in [0.29, 0.717) is 0 Å². The Morgan fingerprint density at radius 1 is 1.30 bits per heavy atom. The van der Waals surface area contributed by atoms with Crippen LogP contribution < -0.4 is 5.32 Å². The fraction of sp³-hybridized carbons (Fsp3) is 0.812. The van der Waals surface area contributed by atoms with Gasteiger partial charge in [0.25, 0.3) is 0 Å². The highest BCUT2D eigenvalue weighted by molar-refractivity contribution is 5.10. The predicted octanol–water partition coefficient (Wildman–Crippen LogP) is 2.09. The minimum Gasteiger partial charge on any atom is -0.311 e. The summed E-state index contributed by atoms with van der Waals surface area (Å²) in [6.45, 7) is 6.65. The molecule has 2 saturated heterocycles. The summed E-state index contributed by atoms with van der Waals surface area (Å²) < 4.78 is 2.07. The number of aromatic nitrogens is 2. The summed E-state index contributed by atoms with van der Waals surface area (Å²) in [4.78, 5) is 2.66. The van der Waals surface area contributed by atoms with Crippen molar-refractivity contribution >= 4 is 0 Å². The van der Waals surface area contributed by atoms with E-state index in [2.05, 4.69) is 47.0 Å². The lowest BCUT2D eigenvalue weighted by Crippen LogP contribution is -2.48. The summed E-state index contributed by atoms with van der Waals surface area (Å²) in [5, 5.41) is 8.33. The van der Waals surface area contributed by atoms with Gasteiger partial charge in [0.15, 0.2) is 0 Å². The number of nitrogens with one attached hydrogen (secondary N) is 1. The summed E-state index contributed by atoms with van der Waals surface area (Å²) in [6.07, 6.45) is 6.43. The van der Waals surface area contributed by atoms with E-state index in [-0.39, 0.29) is 0 Å². The van der Waals surface area contributed by atoms with Crippen LogP contribution in [-0.2, 0) is 20.0 Å². The van der Waals surface area contributed by atoms with Crippen molar-refractivity contribution in [2.75, 3.05) is 6.54 Å². The molecule has 2 unspecified atom stereocenters. The fourth-order valence-corrected chi connectivity index (χ4v) is 3.92. The standard InChI is InChI=1S/C16H28N4/c1-4-12-8-16(19(3)18-12)11-20(5-2)15-9-13-6-7-14(10-15)17-13/h8,13-15,17H,4-7,9-11H2,1-3H3. The van der Waals surface area contributed by atoms with Crippen molar-refractivity contribution in [3.05, 3.63) is 17.5 Å². The third-order valence-corrected chi connectivity index (χ3v) is 5.13. The maximum Gasteiger partial charge on any atom is 0.0625 e. The Morgan fingerprint density at radius 3 is 2.55 bits per heavy atom. The van der Waals surface area contributed by atoms with Crippen molar-refractivity contribution in [1.29, 1.82) is 0 Å². The Hall–Kier alpha value is -0.870. The summed E-state index contributed by atoms with van der Waals surface area (Å²) in [7, 11) is 2.08. The minimum atomic E-state index is 0.749. The van der Waals surface area contributed by atoms with Crippen LogP contribution in [0.1, 0.15) is 50.9 Å². The molecule has 0 spiro atoms. The predicted molar refractivity (Wildman–Crippen MR) is 81.6 cm³/mol. The average molecular weight is 276 g/mol. The third-order valence-electron chi connectivity index (χ3n) is 5.13. The molecule has 20 heavy (non-hydrogen) atoms. The van der Waals surface area contributed by atoms with E-state index in [9.17, 15) is 0 Å². The molecule has 1 N–H and O–H groups in total. The van der Waals surface area contributed by atoms with Gasteiger partial charge >= 0.3 is 0 Å². The second-order valence-corrected chi connectivity index (χ2v) is 6.43. The van der Waals surface area contributed by atoms with Crippen LogP contribution >= 0.6 is 0 Å². The second kappa shape index (κ2) is 5.86. The third kappa shape index (κ3) is 2.77. The van der Waals surface area contributed by atoms with Crippen LogP contribution in [0.15, 0.2) is 6.07 Å². The number of nitrogens with zero attached hydrogens (tertiary/aromatic N) is 3. The maximum atomic E-state index is 4.58. The monoisotopic (exact) mass is 276 g/mol.